The zero-order valence-electron chi connectivity index (χ0n) is 20.3. The average molecular weight is 527 g/mol. The van der Waals surface area contributed by atoms with E-state index in [-0.39, 0.29) is 22.0 Å². The number of para-hydroxylation sites is 1. The van der Waals surface area contributed by atoms with Crippen molar-refractivity contribution in [3.05, 3.63) is 82.9 Å². The number of primary amides is 1. The summed E-state index contributed by atoms with van der Waals surface area (Å²) in [5.41, 5.74) is 5.43. The van der Waals surface area contributed by atoms with Gasteiger partial charge < -0.3 is 20.7 Å². The normalized spacial score (nSPS) is 21.6. The largest absolute Gasteiger partial charge is 0.466 e. The van der Waals surface area contributed by atoms with E-state index in [0.717, 1.165) is 32.1 Å². The second kappa shape index (κ2) is 11.1. The first-order chi connectivity index (χ1) is 17.7. The van der Waals surface area contributed by atoms with Crippen LogP contribution < -0.4 is 15.8 Å². The molecule has 4 rings (SSSR count). The van der Waals surface area contributed by atoms with Gasteiger partial charge in [-0.15, -0.1) is 0 Å². The Balaban J connectivity index is 1.66. The highest BCUT2D eigenvalue weighted by Crippen LogP contribution is 2.41. The van der Waals surface area contributed by atoms with E-state index in [9.17, 15) is 23.3 Å². The van der Waals surface area contributed by atoms with Gasteiger partial charge in [0.15, 0.2) is 0 Å². The number of carbonyl (C=O) groups excluding carboxylic acids is 1. The summed E-state index contributed by atoms with van der Waals surface area (Å²) in [4.78, 5) is 23.4. The zero-order chi connectivity index (χ0) is 26.5. The number of allylic oxidation sites excluding steroid dienone is 2. The Morgan fingerprint density at radius 2 is 1.89 bits per heavy atom. The molecule has 1 fully saturated rings. The summed E-state index contributed by atoms with van der Waals surface area (Å²) in [6.07, 6.45) is 8.73. The van der Waals surface area contributed by atoms with Crippen LogP contribution in [0, 0.1) is 16.0 Å². The minimum atomic E-state index is -4.53. The van der Waals surface area contributed by atoms with E-state index < -0.39 is 31.5 Å². The molecule has 2 unspecified atom stereocenters. The number of amides is 1. The highest BCUT2D eigenvalue weighted by molar-refractivity contribution is 7.93. The van der Waals surface area contributed by atoms with Crippen molar-refractivity contribution in [3.63, 3.8) is 0 Å². The monoisotopic (exact) mass is 526 g/mol. The van der Waals surface area contributed by atoms with Crippen molar-refractivity contribution in [1.82, 2.24) is 4.90 Å². The maximum atomic E-state index is 14.1. The third kappa shape index (κ3) is 5.52. The molecular formula is C26H30N4O6S. The van der Waals surface area contributed by atoms with E-state index in [1.807, 2.05) is 0 Å². The highest BCUT2D eigenvalue weighted by atomic mass is 32.2. The van der Waals surface area contributed by atoms with Crippen LogP contribution in [0.25, 0.3) is 0 Å². The number of nitro groups is 1. The molecule has 0 spiro atoms. The van der Waals surface area contributed by atoms with Gasteiger partial charge in [-0.05, 0) is 69.2 Å². The third-order valence-corrected chi connectivity index (χ3v) is 8.75. The Bertz CT molecular complexity index is 1310. The van der Waals surface area contributed by atoms with E-state index in [1.165, 1.54) is 49.3 Å². The molecule has 196 valence electrons. The number of benzene rings is 2. The number of nitrogens with one attached hydrogen (secondary N) is 1. The summed E-state index contributed by atoms with van der Waals surface area (Å²) in [6.45, 7) is 3.52. The smallest absolute Gasteiger partial charge is 0.293 e. The van der Waals surface area contributed by atoms with Gasteiger partial charge >= 0.3 is 0 Å². The summed E-state index contributed by atoms with van der Waals surface area (Å²) >= 11 is 0. The van der Waals surface area contributed by atoms with Crippen molar-refractivity contribution < 1.29 is 22.9 Å². The number of nitrogens with zero attached hydrogens (tertiary/aromatic N) is 2. The van der Waals surface area contributed by atoms with Gasteiger partial charge in [-0.3, -0.25) is 14.9 Å². The van der Waals surface area contributed by atoms with Gasteiger partial charge in [0, 0.05) is 12.6 Å². The molecule has 1 heterocycles. The molecule has 2 aromatic rings. The fourth-order valence-electron chi connectivity index (χ4n) is 4.67. The Morgan fingerprint density at radius 3 is 2.57 bits per heavy atom. The number of ether oxygens (including phenoxy) is 1. The molecule has 2 atom stereocenters. The van der Waals surface area contributed by atoms with Crippen molar-refractivity contribution in [1.29, 1.82) is 0 Å². The van der Waals surface area contributed by atoms with Crippen molar-refractivity contribution in [2.45, 2.75) is 29.1 Å². The minimum Gasteiger partial charge on any atom is -0.466 e. The van der Waals surface area contributed by atoms with Crippen LogP contribution >= 0.6 is 0 Å². The molecule has 3 N–H and O–H groups in total. The van der Waals surface area contributed by atoms with Crippen LogP contribution in [0.4, 0.5) is 11.4 Å². The van der Waals surface area contributed by atoms with Crippen molar-refractivity contribution >= 4 is 27.1 Å². The van der Waals surface area contributed by atoms with Crippen LogP contribution in [0.15, 0.2) is 77.7 Å². The fraction of sp³-hybridized carbons (Fsp3) is 0.346. The van der Waals surface area contributed by atoms with Crippen molar-refractivity contribution in [2.24, 2.45) is 11.7 Å². The molecule has 0 bridgehead atoms. The molecule has 0 radical (unpaired) electrons. The fourth-order valence-corrected chi connectivity index (χ4v) is 6.55. The van der Waals surface area contributed by atoms with Gasteiger partial charge in [0.2, 0.25) is 20.7 Å². The molecule has 0 aromatic heterocycles. The molecule has 37 heavy (non-hydrogen) atoms. The van der Waals surface area contributed by atoms with Crippen LogP contribution in [-0.2, 0) is 14.6 Å². The average Bonchev–Trinajstić information content (AvgIpc) is 3.41. The molecule has 1 saturated heterocycles. The molecule has 0 saturated carbocycles. The van der Waals surface area contributed by atoms with Gasteiger partial charge in [-0.2, -0.15) is 0 Å². The number of carbonyl (C=O) groups is 1. The number of rotatable bonds is 11. The van der Waals surface area contributed by atoms with Crippen LogP contribution in [0.2, 0.25) is 0 Å². The highest BCUT2D eigenvalue weighted by Gasteiger charge is 2.54. The zero-order valence-corrected chi connectivity index (χ0v) is 21.1. The third-order valence-electron chi connectivity index (χ3n) is 6.57. The van der Waals surface area contributed by atoms with Crippen LogP contribution in [0.3, 0.4) is 0 Å². The molecule has 10 nitrogen and oxygen atoms in total. The van der Waals surface area contributed by atoms with Crippen LogP contribution in [0.5, 0.6) is 5.75 Å². The Kier molecular flexibility index (Phi) is 7.94. The lowest BCUT2D eigenvalue weighted by atomic mass is 9.96. The first kappa shape index (κ1) is 26.4. The lowest BCUT2D eigenvalue weighted by molar-refractivity contribution is -0.384. The first-order valence-corrected chi connectivity index (χ1v) is 13.6. The quantitative estimate of drug-likeness (QED) is 0.258. The number of sulfone groups is 1. The summed E-state index contributed by atoms with van der Waals surface area (Å²) in [7, 11) is -4.53. The maximum absolute atomic E-state index is 14.1. The molecule has 1 aliphatic heterocycles. The molecule has 2 aliphatic rings. The summed E-state index contributed by atoms with van der Waals surface area (Å²) in [6, 6.07) is 11.8. The standard InChI is InChI=1S/C26H30N4O6S/c27-25(31)22-11-4-5-14-26(22,36-20-9-2-1-3-10-20)37(34,35)21-12-13-23(24(19-21)30(32)33)28-15-8-18-29-16-6-7-17-29/h1-5,9-14,19,22,28H,6-8,15-18H2,(H2,27,31). The summed E-state index contributed by atoms with van der Waals surface area (Å²) in [5.74, 6) is -2.08. The Hall–Kier alpha value is -3.70. The van der Waals surface area contributed by atoms with Gasteiger partial charge in [0.1, 0.15) is 17.4 Å². The number of nitrogens with two attached hydrogens (primary N) is 1. The van der Waals surface area contributed by atoms with Gasteiger partial charge in [0.05, 0.1) is 9.82 Å². The van der Waals surface area contributed by atoms with Crippen molar-refractivity contribution in [3.8, 4) is 5.75 Å². The van der Waals surface area contributed by atoms with Gasteiger partial charge in [-0.25, -0.2) is 8.42 Å². The molecule has 1 aliphatic carbocycles. The summed E-state index contributed by atoms with van der Waals surface area (Å²) < 4.78 is 34.1. The lowest BCUT2D eigenvalue weighted by Gasteiger charge is -2.36. The van der Waals surface area contributed by atoms with Crippen molar-refractivity contribution in [2.75, 3.05) is 31.5 Å². The lowest BCUT2D eigenvalue weighted by Crippen LogP contribution is -2.53. The number of likely N-dealkylation sites (tertiary alicyclic amines) is 1. The van der Waals surface area contributed by atoms with Crippen LogP contribution in [-0.4, -0.2) is 55.3 Å². The van der Waals surface area contributed by atoms with E-state index in [0.29, 0.717) is 6.54 Å². The summed E-state index contributed by atoms with van der Waals surface area (Å²) in [5, 5.41) is 15.0. The van der Waals surface area contributed by atoms with E-state index in [2.05, 4.69) is 10.2 Å². The predicted molar refractivity (Wildman–Crippen MR) is 140 cm³/mol. The van der Waals surface area contributed by atoms with Gasteiger partial charge in [-0.1, -0.05) is 36.4 Å². The second-order valence-electron chi connectivity index (χ2n) is 9.03. The topological polar surface area (TPSA) is 145 Å². The van der Waals surface area contributed by atoms with E-state index in [1.54, 1.807) is 30.3 Å². The van der Waals surface area contributed by atoms with E-state index in [4.69, 9.17) is 10.5 Å². The number of nitro benzene ring substituents is 1. The number of anilines is 1. The minimum absolute atomic E-state index is 0.197. The Morgan fingerprint density at radius 1 is 1.16 bits per heavy atom. The van der Waals surface area contributed by atoms with Gasteiger partial charge in [0.25, 0.3) is 5.69 Å². The van der Waals surface area contributed by atoms with E-state index >= 15 is 0 Å². The maximum Gasteiger partial charge on any atom is 0.293 e. The van der Waals surface area contributed by atoms with Crippen LogP contribution in [0.1, 0.15) is 19.3 Å². The molecule has 1 amide bonds. The molecule has 11 heteroatoms. The molecular weight excluding hydrogens is 496 g/mol. The Labute approximate surface area is 215 Å². The number of hydrogen-bond acceptors (Lipinski definition) is 8. The number of hydrogen-bond donors (Lipinski definition) is 2. The molecule has 2 aromatic carbocycles. The predicted octanol–water partition coefficient (Wildman–Crippen LogP) is 3.27. The first-order valence-electron chi connectivity index (χ1n) is 12.1. The second-order valence-corrected chi connectivity index (χ2v) is 11.1. The SMILES string of the molecule is NC(=O)C1C=CC=CC1(Oc1ccccc1)S(=O)(=O)c1ccc(NCCCN2CCCC2)c([N+](=O)[O-])c1.